The summed E-state index contributed by atoms with van der Waals surface area (Å²) in [6, 6.07) is 19.3. The van der Waals surface area contributed by atoms with Crippen molar-refractivity contribution in [2.45, 2.75) is 26.3 Å². The average molecular weight is 499 g/mol. The SMILES string of the molecule is CC(C)[C@H](NC(=O)Cc1ccccc1)C(=O)OCC(=O)Nc1cccc2c1C(=O)c1ccccc1C2=O. The van der Waals surface area contributed by atoms with Crippen LogP contribution in [0.5, 0.6) is 0 Å². The van der Waals surface area contributed by atoms with Gasteiger partial charge in [0.2, 0.25) is 5.91 Å². The topological polar surface area (TPSA) is 119 Å². The number of hydrogen-bond acceptors (Lipinski definition) is 6. The van der Waals surface area contributed by atoms with Gasteiger partial charge in [0.05, 0.1) is 17.7 Å². The van der Waals surface area contributed by atoms with Crippen LogP contribution in [0.1, 0.15) is 51.3 Å². The smallest absolute Gasteiger partial charge is 0.329 e. The number of carbonyl (C=O) groups is 5. The molecule has 0 saturated heterocycles. The lowest BCUT2D eigenvalue weighted by molar-refractivity contribution is -0.151. The molecule has 0 unspecified atom stereocenters. The molecule has 1 aliphatic rings. The molecule has 0 aliphatic heterocycles. The van der Waals surface area contributed by atoms with E-state index in [-0.39, 0.29) is 52.2 Å². The van der Waals surface area contributed by atoms with Crippen molar-refractivity contribution in [3.8, 4) is 0 Å². The molecule has 3 aromatic carbocycles. The normalized spacial score (nSPS) is 12.8. The summed E-state index contributed by atoms with van der Waals surface area (Å²) in [5, 5.41) is 5.24. The van der Waals surface area contributed by atoms with Crippen molar-refractivity contribution in [2.24, 2.45) is 5.92 Å². The lowest BCUT2D eigenvalue weighted by Crippen LogP contribution is -2.46. The molecule has 4 rings (SSSR count). The van der Waals surface area contributed by atoms with E-state index < -0.39 is 24.5 Å². The monoisotopic (exact) mass is 498 g/mol. The minimum absolute atomic E-state index is 0.0964. The maximum Gasteiger partial charge on any atom is 0.329 e. The summed E-state index contributed by atoms with van der Waals surface area (Å²) in [6.07, 6.45) is 0.104. The molecule has 0 saturated carbocycles. The highest BCUT2D eigenvalue weighted by molar-refractivity contribution is 6.30. The second-order valence-electron chi connectivity index (χ2n) is 9.04. The first kappa shape index (κ1) is 25.5. The van der Waals surface area contributed by atoms with Gasteiger partial charge in [0.1, 0.15) is 6.04 Å². The van der Waals surface area contributed by atoms with E-state index in [4.69, 9.17) is 4.74 Å². The van der Waals surface area contributed by atoms with E-state index in [1.165, 1.54) is 12.1 Å². The van der Waals surface area contributed by atoms with Gasteiger partial charge < -0.3 is 15.4 Å². The predicted octanol–water partition coefficient (Wildman–Crippen LogP) is 3.33. The molecule has 0 bridgehead atoms. The Bertz CT molecular complexity index is 1380. The quantitative estimate of drug-likeness (QED) is 0.360. The van der Waals surface area contributed by atoms with E-state index >= 15 is 0 Å². The standard InChI is InChI=1S/C29H26N2O6/c1-17(2)26(31-23(32)15-18-9-4-3-5-10-18)29(36)37-16-24(33)30-22-14-8-13-21-25(22)28(35)20-12-7-6-11-19(20)27(21)34/h3-14,17,26H,15-16H2,1-2H3,(H,30,33)(H,31,32)/t26-/m0/s1. The molecule has 0 fully saturated rings. The van der Waals surface area contributed by atoms with Crippen LogP contribution in [0.2, 0.25) is 0 Å². The second kappa shape index (κ2) is 11.0. The molecular formula is C29H26N2O6. The van der Waals surface area contributed by atoms with Gasteiger partial charge in [-0.25, -0.2) is 4.79 Å². The van der Waals surface area contributed by atoms with Gasteiger partial charge in [0.25, 0.3) is 5.91 Å². The maximum atomic E-state index is 13.1. The van der Waals surface area contributed by atoms with Crippen molar-refractivity contribution in [3.05, 3.63) is 101 Å². The summed E-state index contributed by atoms with van der Waals surface area (Å²) in [6.45, 7) is 2.88. The molecule has 8 nitrogen and oxygen atoms in total. The van der Waals surface area contributed by atoms with Gasteiger partial charge >= 0.3 is 5.97 Å². The Labute approximate surface area is 214 Å². The maximum absolute atomic E-state index is 13.1. The van der Waals surface area contributed by atoms with Crippen molar-refractivity contribution in [2.75, 3.05) is 11.9 Å². The molecule has 2 amide bonds. The number of anilines is 1. The van der Waals surface area contributed by atoms with E-state index in [9.17, 15) is 24.0 Å². The molecule has 1 atom stereocenters. The van der Waals surface area contributed by atoms with Gasteiger partial charge in [-0.15, -0.1) is 0 Å². The van der Waals surface area contributed by atoms with Crippen molar-refractivity contribution >= 4 is 35.0 Å². The first-order valence-electron chi connectivity index (χ1n) is 11.9. The Hall–Kier alpha value is -4.59. The fourth-order valence-electron chi connectivity index (χ4n) is 4.17. The minimum atomic E-state index is -0.941. The van der Waals surface area contributed by atoms with Gasteiger partial charge in [-0.1, -0.05) is 80.6 Å². The van der Waals surface area contributed by atoms with E-state index in [0.717, 1.165) is 5.56 Å². The summed E-state index contributed by atoms with van der Waals surface area (Å²) in [5.41, 5.74) is 1.82. The van der Waals surface area contributed by atoms with Crippen LogP contribution in [0.25, 0.3) is 0 Å². The fourth-order valence-corrected chi connectivity index (χ4v) is 4.17. The summed E-state index contributed by atoms with van der Waals surface area (Å²) in [4.78, 5) is 63.7. The van der Waals surface area contributed by atoms with E-state index in [1.807, 2.05) is 30.3 Å². The molecule has 8 heteroatoms. The predicted molar refractivity (Wildman–Crippen MR) is 136 cm³/mol. The van der Waals surface area contributed by atoms with Gasteiger partial charge in [0, 0.05) is 16.7 Å². The molecule has 0 heterocycles. The average Bonchev–Trinajstić information content (AvgIpc) is 2.89. The van der Waals surface area contributed by atoms with E-state index in [0.29, 0.717) is 5.56 Å². The lowest BCUT2D eigenvalue weighted by Gasteiger charge is -2.21. The van der Waals surface area contributed by atoms with Crippen LogP contribution in [0.4, 0.5) is 5.69 Å². The molecular weight excluding hydrogens is 472 g/mol. The van der Waals surface area contributed by atoms with Crippen LogP contribution < -0.4 is 10.6 Å². The number of ether oxygens (including phenoxy) is 1. The van der Waals surface area contributed by atoms with Crippen LogP contribution in [0.15, 0.2) is 72.8 Å². The largest absolute Gasteiger partial charge is 0.454 e. The summed E-state index contributed by atoms with van der Waals surface area (Å²) in [5.74, 6) is -2.73. The number of benzene rings is 3. The van der Waals surface area contributed by atoms with Gasteiger partial charge in [0.15, 0.2) is 18.2 Å². The number of rotatable bonds is 8. The van der Waals surface area contributed by atoms with Crippen LogP contribution in [0, 0.1) is 5.92 Å². The molecule has 0 radical (unpaired) electrons. The van der Waals surface area contributed by atoms with Crippen molar-refractivity contribution in [3.63, 3.8) is 0 Å². The molecule has 0 spiro atoms. The highest BCUT2D eigenvalue weighted by Crippen LogP contribution is 2.31. The second-order valence-corrected chi connectivity index (χ2v) is 9.04. The highest BCUT2D eigenvalue weighted by atomic mass is 16.5. The number of esters is 1. The molecule has 3 aromatic rings. The number of ketones is 2. The Morgan fingerprint density at radius 3 is 2.05 bits per heavy atom. The number of nitrogens with one attached hydrogen (secondary N) is 2. The Morgan fingerprint density at radius 2 is 1.38 bits per heavy atom. The summed E-state index contributed by atoms with van der Waals surface area (Å²) >= 11 is 0. The van der Waals surface area contributed by atoms with Crippen molar-refractivity contribution in [1.29, 1.82) is 0 Å². The third-order valence-electron chi connectivity index (χ3n) is 6.02. The van der Waals surface area contributed by atoms with Crippen molar-refractivity contribution in [1.82, 2.24) is 5.32 Å². The Kier molecular flexibility index (Phi) is 7.57. The van der Waals surface area contributed by atoms with Gasteiger partial charge in [-0.2, -0.15) is 0 Å². The van der Waals surface area contributed by atoms with Crippen LogP contribution in [0.3, 0.4) is 0 Å². The molecule has 188 valence electrons. The van der Waals surface area contributed by atoms with Gasteiger partial charge in [-0.05, 0) is 17.5 Å². The third kappa shape index (κ3) is 5.64. The van der Waals surface area contributed by atoms with Gasteiger partial charge in [-0.3, -0.25) is 19.2 Å². The van der Waals surface area contributed by atoms with Crippen LogP contribution in [-0.4, -0.2) is 42.0 Å². The Balaban J connectivity index is 1.40. The third-order valence-corrected chi connectivity index (χ3v) is 6.02. The zero-order valence-electron chi connectivity index (χ0n) is 20.4. The van der Waals surface area contributed by atoms with Crippen molar-refractivity contribution < 1.29 is 28.7 Å². The zero-order chi connectivity index (χ0) is 26.5. The molecule has 2 N–H and O–H groups in total. The lowest BCUT2D eigenvalue weighted by atomic mass is 9.83. The van der Waals surface area contributed by atoms with E-state index in [2.05, 4.69) is 10.6 Å². The zero-order valence-corrected chi connectivity index (χ0v) is 20.4. The Morgan fingerprint density at radius 1 is 0.757 bits per heavy atom. The summed E-state index contributed by atoms with van der Waals surface area (Å²) < 4.78 is 5.18. The number of fused-ring (bicyclic) bond motifs is 2. The summed E-state index contributed by atoms with van der Waals surface area (Å²) in [7, 11) is 0. The first-order chi connectivity index (χ1) is 17.8. The molecule has 0 aromatic heterocycles. The van der Waals surface area contributed by atoms with Crippen LogP contribution in [-0.2, 0) is 25.5 Å². The molecule has 1 aliphatic carbocycles. The number of hydrogen-bond donors (Lipinski definition) is 2. The fraction of sp³-hybridized carbons (Fsp3) is 0.207. The molecule has 37 heavy (non-hydrogen) atoms. The van der Waals surface area contributed by atoms with E-state index in [1.54, 1.807) is 44.2 Å². The number of amides is 2. The number of carbonyl (C=O) groups excluding carboxylic acids is 5. The highest BCUT2D eigenvalue weighted by Gasteiger charge is 2.32. The minimum Gasteiger partial charge on any atom is -0.454 e. The van der Waals surface area contributed by atoms with Crippen LogP contribution >= 0.6 is 0 Å². The first-order valence-corrected chi connectivity index (χ1v) is 11.9.